The zero-order valence-electron chi connectivity index (χ0n) is 11.1. The second-order valence-electron chi connectivity index (χ2n) is 4.91. The van der Waals surface area contributed by atoms with Gasteiger partial charge in [0.05, 0.1) is 12.6 Å². The Kier molecular flexibility index (Phi) is 2.70. The molecule has 0 bridgehead atoms. The molecule has 0 N–H and O–H groups in total. The summed E-state index contributed by atoms with van der Waals surface area (Å²) in [5.74, 6) is 0.0373. The molecule has 0 fully saturated rings. The Hall–Kier alpha value is -2.44. The Morgan fingerprint density at radius 3 is 2.45 bits per heavy atom. The predicted molar refractivity (Wildman–Crippen MR) is 70.2 cm³/mol. The van der Waals surface area contributed by atoms with Gasteiger partial charge in [-0.05, 0) is 38.1 Å². The third kappa shape index (κ3) is 1.74. The minimum atomic E-state index is -0.429. The molecule has 7 heteroatoms. The number of halogens is 1. The number of amides is 1. The van der Waals surface area contributed by atoms with Gasteiger partial charge in [-0.3, -0.25) is 4.90 Å². The average Bonchev–Trinajstić information content (AvgIpc) is 2.87. The van der Waals surface area contributed by atoms with Crippen molar-refractivity contribution < 1.29 is 9.18 Å². The summed E-state index contributed by atoms with van der Waals surface area (Å²) in [5.41, 5.74) is 0.145. The van der Waals surface area contributed by atoms with Crippen molar-refractivity contribution in [1.82, 2.24) is 14.3 Å². The fourth-order valence-electron chi connectivity index (χ4n) is 2.32. The van der Waals surface area contributed by atoms with Gasteiger partial charge in [0, 0.05) is 5.69 Å². The lowest BCUT2D eigenvalue weighted by molar-refractivity contribution is 0.242. The lowest BCUT2D eigenvalue weighted by Crippen LogP contribution is -2.34. The van der Waals surface area contributed by atoms with Crippen LogP contribution in [0.4, 0.5) is 14.9 Å². The van der Waals surface area contributed by atoms with Crippen LogP contribution in [0.2, 0.25) is 0 Å². The predicted octanol–water partition coefficient (Wildman–Crippen LogP) is 1.75. The van der Waals surface area contributed by atoms with Crippen LogP contribution in [0, 0.1) is 5.82 Å². The molecule has 0 unspecified atom stereocenters. The van der Waals surface area contributed by atoms with Crippen molar-refractivity contribution >= 4 is 11.7 Å². The van der Waals surface area contributed by atoms with E-state index in [1.165, 1.54) is 38.5 Å². The summed E-state index contributed by atoms with van der Waals surface area (Å²) in [6.45, 7) is 3.83. The molecule has 0 aliphatic carbocycles. The Balaban J connectivity index is 2.04. The molecule has 2 aromatic rings. The number of nitrogens with zero attached hydrogens (tertiary/aromatic N) is 4. The van der Waals surface area contributed by atoms with E-state index in [1.807, 2.05) is 13.8 Å². The van der Waals surface area contributed by atoms with Gasteiger partial charge in [0.1, 0.15) is 5.82 Å². The summed E-state index contributed by atoms with van der Waals surface area (Å²) in [5, 5.41) is 0. The highest BCUT2D eigenvalue weighted by Crippen LogP contribution is 2.23. The second kappa shape index (κ2) is 4.29. The van der Waals surface area contributed by atoms with Crippen molar-refractivity contribution in [2.45, 2.75) is 26.4 Å². The van der Waals surface area contributed by atoms with Crippen molar-refractivity contribution in [2.75, 3.05) is 4.90 Å². The first kappa shape index (κ1) is 12.6. The molecular weight excluding hydrogens is 263 g/mol. The summed E-state index contributed by atoms with van der Waals surface area (Å²) in [6, 6.07) is 5.11. The van der Waals surface area contributed by atoms with E-state index >= 15 is 0 Å². The third-order valence-electron chi connectivity index (χ3n) is 3.22. The number of aromatic nitrogens is 3. The van der Waals surface area contributed by atoms with E-state index in [0.29, 0.717) is 11.5 Å². The molecule has 0 spiro atoms. The third-order valence-corrected chi connectivity index (χ3v) is 3.22. The van der Waals surface area contributed by atoms with Crippen LogP contribution >= 0.6 is 0 Å². The highest BCUT2D eigenvalue weighted by Gasteiger charge is 2.33. The molecule has 0 radical (unpaired) electrons. The molecule has 104 valence electrons. The highest BCUT2D eigenvalue weighted by molar-refractivity contribution is 5.95. The SMILES string of the molecule is CC(C)n1c(=O)nc2n1C(=O)N(c1ccc(F)cc1)C2. The first-order valence-corrected chi connectivity index (χ1v) is 6.27. The Labute approximate surface area is 114 Å². The van der Waals surface area contributed by atoms with Crippen molar-refractivity contribution in [3.05, 3.63) is 46.4 Å². The number of fused-ring (bicyclic) bond motifs is 1. The molecule has 1 aliphatic rings. The van der Waals surface area contributed by atoms with Crippen LogP contribution < -0.4 is 10.6 Å². The molecule has 20 heavy (non-hydrogen) atoms. The maximum absolute atomic E-state index is 12.9. The van der Waals surface area contributed by atoms with E-state index < -0.39 is 5.69 Å². The van der Waals surface area contributed by atoms with Gasteiger partial charge >= 0.3 is 11.7 Å². The fraction of sp³-hybridized carbons (Fsp3) is 0.308. The monoisotopic (exact) mass is 276 g/mol. The van der Waals surface area contributed by atoms with Crippen LogP contribution in [0.1, 0.15) is 25.7 Å². The van der Waals surface area contributed by atoms with Crippen LogP contribution in [0.15, 0.2) is 29.1 Å². The molecule has 1 amide bonds. The van der Waals surface area contributed by atoms with Crippen LogP contribution in [-0.2, 0) is 6.54 Å². The lowest BCUT2D eigenvalue weighted by atomic mass is 10.3. The van der Waals surface area contributed by atoms with Gasteiger partial charge in [0.15, 0.2) is 5.82 Å². The van der Waals surface area contributed by atoms with Crippen LogP contribution in [0.5, 0.6) is 0 Å². The summed E-state index contributed by atoms with van der Waals surface area (Å²) >= 11 is 0. The van der Waals surface area contributed by atoms with Gasteiger partial charge in [0.2, 0.25) is 0 Å². The zero-order chi connectivity index (χ0) is 14.4. The fourth-order valence-corrected chi connectivity index (χ4v) is 2.32. The van der Waals surface area contributed by atoms with E-state index in [9.17, 15) is 14.0 Å². The second-order valence-corrected chi connectivity index (χ2v) is 4.91. The molecule has 6 nitrogen and oxygen atoms in total. The number of anilines is 1. The molecular formula is C13H13FN4O2. The summed E-state index contributed by atoms with van der Waals surface area (Å²) in [4.78, 5) is 29.5. The van der Waals surface area contributed by atoms with Crippen molar-refractivity contribution in [1.29, 1.82) is 0 Å². The molecule has 0 saturated heterocycles. The summed E-state index contributed by atoms with van der Waals surface area (Å²) in [7, 11) is 0. The highest BCUT2D eigenvalue weighted by atomic mass is 19.1. The van der Waals surface area contributed by atoms with Gasteiger partial charge in [-0.1, -0.05) is 0 Å². The smallest absolute Gasteiger partial charge is 0.285 e. The molecule has 1 aromatic heterocycles. The summed E-state index contributed by atoms with van der Waals surface area (Å²) in [6.07, 6.45) is 0. The number of hydrogen-bond donors (Lipinski definition) is 0. The molecule has 2 heterocycles. The van der Waals surface area contributed by atoms with Crippen LogP contribution in [0.3, 0.4) is 0 Å². The Bertz CT molecular complexity index is 730. The molecule has 3 rings (SSSR count). The Morgan fingerprint density at radius 2 is 1.85 bits per heavy atom. The number of hydrogen-bond acceptors (Lipinski definition) is 3. The van der Waals surface area contributed by atoms with Gasteiger partial charge in [-0.15, -0.1) is 0 Å². The number of rotatable bonds is 2. The molecule has 1 aromatic carbocycles. The quantitative estimate of drug-likeness (QED) is 0.839. The average molecular weight is 276 g/mol. The first-order valence-electron chi connectivity index (χ1n) is 6.27. The minimum Gasteiger partial charge on any atom is -0.285 e. The van der Waals surface area contributed by atoms with Crippen LogP contribution in [0.25, 0.3) is 0 Å². The normalized spacial score (nSPS) is 14.2. The molecule has 0 saturated carbocycles. The van der Waals surface area contributed by atoms with E-state index in [2.05, 4.69) is 4.98 Å². The van der Waals surface area contributed by atoms with Gasteiger partial charge in [-0.2, -0.15) is 9.67 Å². The van der Waals surface area contributed by atoms with Gasteiger partial charge < -0.3 is 0 Å². The maximum Gasteiger partial charge on any atom is 0.364 e. The largest absolute Gasteiger partial charge is 0.364 e. The van der Waals surface area contributed by atoms with E-state index in [4.69, 9.17) is 0 Å². The topological polar surface area (TPSA) is 60.1 Å². The van der Waals surface area contributed by atoms with E-state index in [-0.39, 0.29) is 24.4 Å². The number of carbonyl (C=O) groups excluding carboxylic acids is 1. The zero-order valence-corrected chi connectivity index (χ0v) is 11.1. The van der Waals surface area contributed by atoms with Gasteiger partial charge in [-0.25, -0.2) is 18.7 Å². The standard InChI is InChI=1S/C13H13FN4O2/c1-8(2)17-12(19)15-11-7-16(13(20)18(11)17)10-5-3-9(14)4-6-10/h3-6,8H,7H2,1-2H3. The number of benzene rings is 1. The minimum absolute atomic E-state index is 0.166. The van der Waals surface area contributed by atoms with Crippen molar-refractivity contribution in [3.63, 3.8) is 0 Å². The van der Waals surface area contributed by atoms with Crippen LogP contribution in [-0.4, -0.2) is 20.4 Å². The lowest BCUT2D eigenvalue weighted by Gasteiger charge is -2.16. The molecule has 0 atom stereocenters. The molecule has 1 aliphatic heterocycles. The first-order chi connectivity index (χ1) is 9.49. The Morgan fingerprint density at radius 1 is 1.20 bits per heavy atom. The summed E-state index contributed by atoms with van der Waals surface area (Å²) < 4.78 is 15.5. The van der Waals surface area contributed by atoms with E-state index in [0.717, 1.165) is 0 Å². The van der Waals surface area contributed by atoms with Gasteiger partial charge in [0.25, 0.3) is 0 Å². The van der Waals surface area contributed by atoms with Crippen molar-refractivity contribution in [2.24, 2.45) is 0 Å². The number of carbonyl (C=O) groups is 1. The maximum atomic E-state index is 12.9. The van der Waals surface area contributed by atoms with Crippen molar-refractivity contribution in [3.8, 4) is 0 Å². The van der Waals surface area contributed by atoms with E-state index in [1.54, 1.807) is 0 Å².